The van der Waals surface area contributed by atoms with Crippen LogP contribution < -0.4 is 15.0 Å². The van der Waals surface area contributed by atoms with Crippen LogP contribution >= 0.6 is 0 Å². The van der Waals surface area contributed by atoms with Crippen molar-refractivity contribution in [2.45, 2.75) is 39.7 Å². The Bertz CT molecular complexity index is 900. The van der Waals surface area contributed by atoms with Crippen molar-refractivity contribution in [2.24, 2.45) is 0 Å². The van der Waals surface area contributed by atoms with Crippen molar-refractivity contribution in [1.29, 1.82) is 0 Å². The quantitative estimate of drug-likeness (QED) is 0.750. The van der Waals surface area contributed by atoms with Crippen molar-refractivity contribution in [3.8, 4) is 11.5 Å². The van der Waals surface area contributed by atoms with Crippen molar-refractivity contribution < 1.29 is 19.0 Å². The molecule has 1 aromatic heterocycles. The zero-order valence-corrected chi connectivity index (χ0v) is 16.8. The minimum Gasteiger partial charge on any atom is -0.465 e. The molecule has 7 nitrogen and oxygen atoms in total. The van der Waals surface area contributed by atoms with Crippen molar-refractivity contribution in [1.82, 2.24) is 9.47 Å². The summed E-state index contributed by atoms with van der Waals surface area (Å²) < 4.78 is 17.3. The number of ether oxygens (including phenoxy) is 3. The molecule has 28 heavy (non-hydrogen) atoms. The molecule has 2 aliphatic heterocycles. The van der Waals surface area contributed by atoms with Crippen LogP contribution in [0.2, 0.25) is 0 Å². The average molecular weight is 388 g/mol. The number of hydrogen-bond acceptors (Lipinski definition) is 6. The number of nitrogens with zero attached hydrogens (tertiary/aromatic N) is 2. The van der Waals surface area contributed by atoms with Crippen molar-refractivity contribution in [2.75, 3.05) is 33.5 Å². The summed E-state index contributed by atoms with van der Waals surface area (Å²) in [5.74, 6) is 0.616. The van der Waals surface area contributed by atoms with Gasteiger partial charge in [0, 0.05) is 24.5 Å². The lowest BCUT2D eigenvalue weighted by molar-refractivity contribution is 0.0598. The molecular formula is C21H28N2O5. The fourth-order valence-corrected chi connectivity index (χ4v) is 3.67. The summed E-state index contributed by atoms with van der Waals surface area (Å²) in [5, 5.41) is 0.757. The number of fused-ring (bicyclic) bond motifs is 2. The largest absolute Gasteiger partial charge is 0.465 e. The molecule has 0 amide bonds. The Labute approximate surface area is 164 Å². The van der Waals surface area contributed by atoms with Gasteiger partial charge in [-0.1, -0.05) is 20.3 Å². The number of hydrogen-bond donors (Lipinski definition) is 0. The topological polar surface area (TPSA) is 70.0 Å². The van der Waals surface area contributed by atoms with Crippen LogP contribution in [0.4, 0.5) is 0 Å². The number of piperidine rings is 1. The van der Waals surface area contributed by atoms with Crippen molar-refractivity contribution in [3.63, 3.8) is 0 Å². The van der Waals surface area contributed by atoms with Crippen LogP contribution in [0.3, 0.4) is 0 Å². The van der Waals surface area contributed by atoms with Gasteiger partial charge in [-0.15, -0.1) is 0 Å². The smallest absolute Gasteiger partial charge is 0.343 e. The maximum absolute atomic E-state index is 12.9. The van der Waals surface area contributed by atoms with Gasteiger partial charge in [0.2, 0.25) is 6.79 Å². The minimum absolute atomic E-state index is 0.0394. The van der Waals surface area contributed by atoms with Gasteiger partial charge >= 0.3 is 5.97 Å². The molecule has 1 aromatic carbocycles. The zero-order chi connectivity index (χ0) is 20.1. The van der Waals surface area contributed by atoms with Crippen LogP contribution in [0.25, 0.3) is 10.9 Å². The molecule has 4 rings (SSSR count). The van der Waals surface area contributed by atoms with Gasteiger partial charge in [0.05, 0.1) is 12.6 Å². The molecule has 7 heteroatoms. The molecule has 2 aromatic rings. The van der Waals surface area contributed by atoms with Gasteiger partial charge in [0.1, 0.15) is 5.56 Å². The highest BCUT2D eigenvalue weighted by Crippen LogP contribution is 2.35. The predicted molar refractivity (Wildman–Crippen MR) is 107 cm³/mol. The summed E-state index contributed by atoms with van der Waals surface area (Å²) in [6, 6.07) is 5.19. The van der Waals surface area contributed by atoms with E-state index in [1.165, 1.54) is 26.4 Å². The summed E-state index contributed by atoms with van der Waals surface area (Å²) in [5.41, 5.74) is 0.446. The predicted octanol–water partition coefficient (Wildman–Crippen LogP) is 3.03. The number of esters is 1. The van der Waals surface area contributed by atoms with E-state index in [-0.39, 0.29) is 17.9 Å². The number of rotatable bonds is 4. The van der Waals surface area contributed by atoms with Crippen LogP contribution in [0.5, 0.6) is 11.5 Å². The number of carbonyl (C=O) groups excluding carboxylic acids is 1. The van der Waals surface area contributed by atoms with E-state index in [1.807, 2.05) is 19.9 Å². The molecule has 2 aliphatic rings. The number of aromatic nitrogens is 1. The molecule has 3 heterocycles. The van der Waals surface area contributed by atoms with E-state index in [0.717, 1.165) is 30.5 Å². The second kappa shape index (κ2) is 9.10. The highest BCUT2D eigenvalue weighted by atomic mass is 16.7. The first-order valence-corrected chi connectivity index (χ1v) is 9.95. The van der Waals surface area contributed by atoms with Crippen LogP contribution in [0, 0.1) is 0 Å². The Morgan fingerprint density at radius 3 is 2.39 bits per heavy atom. The minimum atomic E-state index is -0.624. The van der Waals surface area contributed by atoms with E-state index in [4.69, 9.17) is 14.2 Å². The molecule has 1 fully saturated rings. The SMILES string of the molecule is CC.COC(=O)c1cc2cc3c(cc2n(CCN2CCCCC2)c1=O)OCO3. The van der Waals surface area contributed by atoms with E-state index in [2.05, 4.69) is 4.90 Å². The number of pyridine rings is 1. The van der Waals surface area contributed by atoms with Gasteiger partial charge in [0.15, 0.2) is 11.5 Å². The van der Waals surface area contributed by atoms with Gasteiger partial charge in [-0.2, -0.15) is 0 Å². The molecule has 0 atom stereocenters. The second-order valence-corrected chi connectivity index (χ2v) is 6.67. The van der Waals surface area contributed by atoms with Crippen LogP contribution in [0.15, 0.2) is 23.0 Å². The van der Waals surface area contributed by atoms with Crippen molar-refractivity contribution >= 4 is 16.9 Å². The normalized spacial score (nSPS) is 15.8. The second-order valence-electron chi connectivity index (χ2n) is 6.67. The molecule has 0 saturated carbocycles. The Hall–Kier alpha value is -2.54. The average Bonchev–Trinajstić information content (AvgIpc) is 3.20. The summed E-state index contributed by atoms with van der Waals surface area (Å²) in [7, 11) is 1.28. The van der Waals surface area contributed by atoms with Gasteiger partial charge in [-0.25, -0.2) is 4.79 Å². The molecular weight excluding hydrogens is 360 g/mol. The van der Waals surface area contributed by atoms with Gasteiger partial charge in [-0.3, -0.25) is 4.79 Å². The van der Waals surface area contributed by atoms with Crippen molar-refractivity contribution in [3.05, 3.63) is 34.1 Å². The zero-order valence-electron chi connectivity index (χ0n) is 16.8. The summed E-state index contributed by atoms with van der Waals surface area (Å²) >= 11 is 0. The van der Waals surface area contributed by atoms with Crippen LogP contribution in [0.1, 0.15) is 43.5 Å². The molecule has 0 bridgehead atoms. The standard InChI is InChI=1S/C19H22N2O5.C2H6/c1-24-19(23)14-9-13-10-16-17(26-12-25-16)11-15(13)21(18(14)22)8-7-20-5-3-2-4-6-20;1-2/h9-11H,2-8,12H2,1H3;1-2H3. The Morgan fingerprint density at radius 2 is 1.71 bits per heavy atom. The maximum Gasteiger partial charge on any atom is 0.343 e. The summed E-state index contributed by atoms with van der Waals surface area (Å²) in [6.07, 6.45) is 3.65. The first-order chi connectivity index (χ1) is 13.7. The number of carbonyl (C=O) groups is 1. The van der Waals surface area contributed by atoms with Gasteiger partial charge in [-0.05, 0) is 38.1 Å². The Balaban J connectivity index is 0.00000109. The molecule has 0 radical (unpaired) electrons. The number of likely N-dealkylation sites (tertiary alicyclic amines) is 1. The number of methoxy groups -OCH3 is 1. The first-order valence-electron chi connectivity index (χ1n) is 9.95. The molecule has 0 unspecified atom stereocenters. The van der Waals surface area contributed by atoms with Crippen LogP contribution in [-0.4, -0.2) is 49.0 Å². The fraction of sp³-hybridized carbons (Fsp3) is 0.524. The fourth-order valence-electron chi connectivity index (χ4n) is 3.67. The van der Waals surface area contributed by atoms with E-state index < -0.39 is 5.97 Å². The third-order valence-electron chi connectivity index (χ3n) is 5.08. The molecule has 1 saturated heterocycles. The molecule has 0 aliphatic carbocycles. The lowest BCUT2D eigenvalue weighted by Crippen LogP contribution is -2.36. The van der Waals surface area contributed by atoms with Gasteiger partial charge in [0.25, 0.3) is 5.56 Å². The summed E-state index contributed by atoms with van der Waals surface area (Å²) in [6.45, 7) is 7.55. The summed E-state index contributed by atoms with van der Waals surface area (Å²) in [4.78, 5) is 27.4. The highest BCUT2D eigenvalue weighted by Gasteiger charge is 2.21. The lowest BCUT2D eigenvalue weighted by atomic mass is 10.1. The Kier molecular flexibility index (Phi) is 6.57. The van der Waals surface area contributed by atoms with Gasteiger partial charge < -0.3 is 23.7 Å². The Morgan fingerprint density at radius 1 is 1.04 bits per heavy atom. The number of benzene rings is 1. The van der Waals surface area contributed by atoms with E-state index in [0.29, 0.717) is 18.0 Å². The third-order valence-corrected chi connectivity index (χ3v) is 5.08. The first kappa shape index (κ1) is 20.2. The monoisotopic (exact) mass is 388 g/mol. The van der Waals surface area contributed by atoms with E-state index in [1.54, 1.807) is 16.7 Å². The molecule has 0 N–H and O–H groups in total. The third kappa shape index (κ3) is 3.99. The maximum atomic E-state index is 12.9. The highest BCUT2D eigenvalue weighted by molar-refractivity contribution is 5.94. The van der Waals surface area contributed by atoms with E-state index >= 15 is 0 Å². The molecule has 152 valence electrons. The van der Waals surface area contributed by atoms with Crippen LogP contribution in [-0.2, 0) is 11.3 Å². The van der Waals surface area contributed by atoms with E-state index in [9.17, 15) is 9.59 Å². The molecule has 0 spiro atoms. The lowest BCUT2D eigenvalue weighted by Gasteiger charge is -2.27.